The summed E-state index contributed by atoms with van der Waals surface area (Å²) >= 11 is 0. The fraction of sp³-hybridized carbons (Fsp3) is 0.481. The molecule has 1 saturated carbocycles. The van der Waals surface area contributed by atoms with Gasteiger partial charge in [0.25, 0.3) is 5.91 Å². The topological polar surface area (TPSA) is 59.4 Å². The van der Waals surface area contributed by atoms with Gasteiger partial charge in [-0.1, -0.05) is 25.0 Å². The molecule has 1 N–H and O–H groups in total. The van der Waals surface area contributed by atoms with E-state index < -0.39 is 0 Å². The van der Waals surface area contributed by atoms with Crippen LogP contribution < -0.4 is 5.32 Å². The van der Waals surface area contributed by atoms with Crippen LogP contribution in [0.25, 0.3) is 16.7 Å². The van der Waals surface area contributed by atoms with Gasteiger partial charge in [-0.3, -0.25) is 9.36 Å². The molecule has 0 radical (unpaired) electrons. The maximum Gasteiger partial charge on any atom is 0.251 e. The van der Waals surface area contributed by atoms with Gasteiger partial charge >= 0.3 is 0 Å². The molecule has 0 atom stereocenters. The number of aryl methyl sites for hydroxylation is 1. The average Bonchev–Trinajstić information content (AvgIpc) is 3.47. The smallest absolute Gasteiger partial charge is 0.251 e. The average molecular weight is 447 g/mol. The van der Waals surface area contributed by atoms with Crippen molar-refractivity contribution in [3.05, 3.63) is 59.4 Å². The van der Waals surface area contributed by atoms with E-state index in [1.807, 2.05) is 43.3 Å². The van der Waals surface area contributed by atoms with Gasteiger partial charge in [0.05, 0.1) is 23.3 Å². The van der Waals surface area contributed by atoms with Crippen molar-refractivity contribution in [3.63, 3.8) is 0 Å². The number of nitrogens with one attached hydrogen (secondary N) is 1. The third-order valence-electron chi connectivity index (χ3n) is 7.32. The predicted octanol–water partition coefficient (Wildman–Crippen LogP) is 4.62. The van der Waals surface area contributed by atoms with Crippen LogP contribution in [0.4, 0.5) is 0 Å². The van der Waals surface area contributed by atoms with Crippen LogP contribution in [0.15, 0.2) is 42.5 Å². The highest BCUT2D eigenvalue weighted by molar-refractivity contribution is 5.95. The Hall–Kier alpha value is -2.70. The molecular weight excluding hydrogens is 412 g/mol. The van der Waals surface area contributed by atoms with E-state index in [2.05, 4.69) is 20.9 Å². The van der Waals surface area contributed by atoms with Gasteiger partial charge in [-0.15, -0.1) is 0 Å². The molecule has 2 fully saturated rings. The lowest BCUT2D eigenvalue weighted by Crippen LogP contribution is -2.47. The molecule has 6 heteroatoms. The Labute approximate surface area is 195 Å². The highest BCUT2D eigenvalue weighted by Gasteiger charge is 2.28. The molecule has 0 spiro atoms. The van der Waals surface area contributed by atoms with Crippen molar-refractivity contribution in [2.45, 2.75) is 64.1 Å². The summed E-state index contributed by atoms with van der Waals surface area (Å²) in [5.74, 6) is 0.921. The molecule has 2 heterocycles. The SMILES string of the molecule is COCc1cc(C(=O)NC2CCN(C3CCCC3)CC2)ccc1-n1c(C)nc2ccccc21. The minimum Gasteiger partial charge on any atom is -0.380 e. The van der Waals surface area contributed by atoms with Gasteiger partial charge in [0.15, 0.2) is 0 Å². The summed E-state index contributed by atoms with van der Waals surface area (Å²) in [5.41, 5.74) is 4.69. The number of para-hydroxylation sites is 2. The van der Waals surface area contributed by atoms with Crippen molar-refractivity contribution in [3.8, 4) is 5.69 Å². The fourth-order valence-corrected chi connectivity index (χ4v) is 5.61. The van der Waals surface area contributed by atoms with E-state index in [-0.39, 0.29) is 11.9 Å². The van der Waals surface area contributed by atoms with Crippen LogP contribution in [0.5, 0.6) is 0 Å². The molecule has 1 aliphatic carbocycles. The molecular formula is C27H34N4O2. The normalized spacial score (nSPS) is 18.2. The second kappa shape index (κ2) is 9.65. The molecule has 2 aromatic carbocycles. The number of imidazole rings is 1. The van der Waals surface area contributed by atoms with Gasteiger partial charge in [-0.05, 0) is 62.9 Å². The predicted molar refractivity (Wildman–Crippen MR) is 131 cm³/mol. The molecule has 33 heavy (non-hydrogen) atoms. The Bertz CT molecular complexity index is 1120. The largest absolute Gasteiger partial charge is 0.380 e. The molecule has 0 unspecified atom stereocenters. The first-order chi connectivity index (χ1) is 16.1. The molecule has 0 bridgehead atoms. The van der Waals surface area contributed by atoms with Crippen LogP contribution in [-0.2, 0) is 11.3 Å². The number of nitrogens with zero attached hydrogens (tertiary/aromatic N) is 3. The van der Waals surface area contributed by atoms with Crippen LogP contribution in [0.1, 0.15) is 60.3 Å². The Balaban J connectivity index is 1.32. The van der Waals surface area contributed by atoms with E-state index in [0.29, 0.717) is 12.2 Å². The maximum atomic E-state index is 13.1. The second-order valence-corrected chi connectivity index (χ2v) is 9.48. The molecule has 1 saturated heterocycles. The molecule has 174 valence electrons. The van der Waals surface area contributed by atoms with E-state index in [1.54, 1.807) is 7.11 Å². The summed E-state index contributed by atoms with van der Waals surface area (Å²) in [7, 11) is 1.69. The summed E-state index contributed by atoms with van der Waals surface area (Å²) in [4.78, 5) is 20.4. The van der Waals surface area contributed by atoms with Gasteiger partial charge in [0, 0.05) is 43.4 Å². The number of fused-ring (bicyclic) bond motifs is 1. The molecule has 6 nitrogen and oxygen atoms in total. The highest BCUT2D eigenvalue weighted by Crippen LogP contribution is 2.27. The van der Waals surface area contributed by atoms with Crippen LogP contribution in [0.2, 0.25) is 0 Å². The summed E-state index contributed by atoms with van der Waals surface area (Å²) in [6, 6.07) is 15.1. The number of carbonyl (C=O) groups excluding carboxylic acids is 1. The Morgan fingerprint density at radius 1 is 1.09 bits per heavy atom. The van der Waals surface area contributed by atoms with Crippen LogP contribution >= 0.6 is 0 Å². The number of benzene rings is 2. The lowest BCUT2D eigenvalue weighted by molar-refractivity contribution is 0.0892. The van der Waals surface area contributed by atoms with E-state index in [0.717, 1.165) is 60.1 Å². The lowest BCUT2D eigenvalue weighted by atomic mass is 10.0. The van der Waals surface area contributed by atoms with Gasteiger partial charge < -0.3 is 15.0 Å². The van der Waals surface area contributed by atoms with Gasteiger partial charge in [-0.25, -0.2) is 4.98 Å². The third kappa shape index (κ3) is 4.55. The van der Waals surface area contributed by atoms with E-state index in [4.69, 9.17) is 9.72 Å². The van der Waals surface area contributed by atoms with Crippen molar-refractivity contribution < 1.29 is 9.53 Å². The minimum atomic E-state index is 0.00503. The number of hydrogen-bond acceptors (Lipinski definition) is 4. The van der Waals surface area contributed by atoms with Crippen LogP contribution in [0, 0.1) is 6.92 Å². The molecule has 2 aliphatic rings. The Morgan fingerprint density at radius 2 is 1.85 bits per heavy atom. The van der Waals surface area contributed by atoms with Crippen molar-refractivity contribution >= 4 is 16.9 Å². The van der Waals surface area contributed by atoms with Crippen LogP contribution in [0.3, 0.4) is 0 Å². The summed E-state index contributed by atoms with van der Waals surface area (Å²) in [6.07, 6.45) is 7.50. The van der Waals surface area contributed by atoms with E-state index in [9.17, 15) is 4.79 Å². The molecule has 1 aliphatic heterocycles. The first kappa shape index (κ1) is 22.1. The van der Waals surface area contributed by atoms with Gasteiger partial charge in [-0.2, -0.15) is 0 Å². The summed E-state index contributed by atoms with van der Waals surface area (Å²) < 4.78 is 7.64. The Morgan fingerprint density at radius 3 is 2.61 bits per heavy atom. The lowest BCUT2D eigenvalue weighted by Gasteiger charge is -2.36. The zero-order valence-corrected chi connectivity index (χ0v) is 19.7. The highest BCUT2D eigenvalue weighted by atomic mass is 16.5. The quantitative estimate of drug-likeness (QED) is 0.600. The van der Waals surface area contributed by atoms with Crippen molar-refractivity contribution in [1.29, 1.82) is 0 Å². The van der Waals surface area contributed by atoms with Crippen molar-refractivity contribution in [2.24, 2.45) is 0 Å². The number of hydrogen-bond donors (Lipinski definition) is 1. The maximum absolute atomic E-state index is 13.1. The summed E-state index contributed by atoms with van der Waals surface area (Å²) in [5, 5.41) is 3.29. The zero-order valence-electron chi connectivity index (χ0n) is 19.7. The van der Waals surface area contributed by atoms with Gasteiger partial charge in [0.2, 0.25) is 0 Å². The number of rotatable bonds is 6. The molecule has 1 aromatic heterocycles. The second-order valence-electron chi connectivity index (χ2n) is 9.48. The number of likely N-dealkylation sites (tertiary alicyclic amines) is 1. The number of methoxy groups -OCH3 is 1. The number of ether oxygens (including phenoxy) is 1. The monoisotopic (exact) mass is 446 g/mol. The number of aromatic nitrogens is 2. The summed E-state index contributed by atoms with van der Waals surface area (Å²) in [6.45, 7) is 4.63. The minimum absolute atomic E-state index is 0.00503. The first-order valence-corrected chi connectivity index (χ1v) is 12.3. The van der Waals surface area contributed by atoms with E-state index in [1.165, 1.54) is 25.7 Å². The Kier molecular flexibility index (Phi) is 6.47. The fourth-order valence-electron chi connectivity index (χ4n) is 5.61. The molecule has 5 rings (SSSR count). The van der Waals surface area contributed by atoms with E-state index >= 15 is 0 Å². The van der Waals surface area contributed by atoms with Gasteiger partial charge in [0.1, 0.15) is 5.82 Å². The third-order valence-corrected chi connectivity index (χ3v) is 7.32. The van der Waals surface area contributed by atoms with Crippen molar-refractivity contribution in [1.82, 2.24) is 19.8 Å². The van der Waals surface area contributed by atoms with Crippen LogP contribution in [-0.4, -0.2) is 52.6 Å². The molecule has 3 aromatic rings. The molecule has 1 amide bonds. The van der Waals surface area contributed by atoms with Crippen molar-refractivity contribution in [2.75, 3.05) is 20.2 Å². The number of amides is 1. The zero-order chi connectivity index (χ0) is 22.8. The first-order valence-electron chi connectivity index (χ1n) is 12.3. The standard InChI is InChI=1S/C27H34N4O2/c1-19-28-24-9-5-6-10-26(24)31(19)25-12-11-20(17-21(25)18-33-2)27(32)29-22-13-15-30(16-14-22)23-7-3-4-8-23/h5-6,9-12,17,22-23H,3-4,7-8,13-16,18H2,1-2H3,(H,29,32). The number of carbonyl (C=O) groups is 1. The number of piperidine rings is 1.